The Hall–Kier alpha value is -1.46. The molecule has 0 heterocycles. The van der Waals surface area contributed by atoms with Gasteiger partial charge in [0.15, 0.2) is 0 Å². The zero-order valence-corrected chi connectivity index (χ0v) is 9.34. The number of rotatable bonds is 5. The third-order valence-electron chi connectivity index (χ3n) is 1.93. The molecule has 0 amide bonds. The lowest BCUT2D eigenvalue weighted by Crippen LogP contribution is -2.21. The van der Waals surface area contributed by atoms with Crippen LogP contribution in [0.3, 0.4) is 0 Å². The standard InChI is InChI=1S/C13H17NO/c1-3-4-8-14-9-10-15-13-7-5-6-12(2)11-13/h5-7,11,14H,8-10H2,1-2H3. The molecule has 0 fully saturated rings. The molecule has 2 nitrogen and oxygen atoms in total. The summed E-state index contributed by atoms with van der Waals surface area (Å²) in [7, 11) is 0. The van der Waals surface area contributed by atoms with Gasteiger partial charge in [0.1, 0.15) is 12.4 Å². The molecule has 0 bridgehead atoms. The second-order valence-corrected chi connectivity index (χ2v) is 3.27. The minimum atomic E-state index is 0.675. The van der Waals surface area contributed by atoms with Crippen molar-refractivity contribution in [3.8, 4) is 17.6 Å². The maximum atomic E-state index is 5.56. The number of benzene rings is 1. The molecule has 0 saturated heterocycles. The Morgan fingerprint density at radius 3 is 3.00 bits per heavy atom. The van der Waals surface area contributed by atoms with Crippen LogP contribution in [0.5, 0.6) is 5.75 Å². The van der Waals surface area contributed by atoms with Crippen LogP contribution in [0.2, 0.25) is 0 Å². The van der Waals surface area contributed by atoms with Crippen molar-refractivity contribution in [3.63, 3.8) is 0 Å². The molecule has 2 heteroatoms. The van der Waals surface area contributed by atoms with Crippen molar-refractivity contribution in [3.05, 3.63) is 29.8 Å². The van der Waals surface area contributed by atoms with Crippen LogP contribution in [0.4, 0.5) is 0 Å². The molecule has 0 aliphatic carbocycles. The van der Waals surface area contributed by atoms with Gasteiger partial charge in [-0.2, -0.15) is 0 Å². The summed E-state index contributed by atoms with van der Waals surface area (Å²) in [4.78, 5) is 0. The fraction of sp³-hybridized carbons (Fsp3) is 0.385. The molecule has 0 atom stereocenters. The SMILES string of the molecule is CC#CCNCCOc1cccc(C)c1. The Kier molecular flexibility index (Phi) is 5.35. The zero-order chi connectivity index (χ0) is 10.9. The lowest BCUT2D eigenvalue weighted by atomic mass is 10.2. The monoisotopic (exact) mass is 203 g/mol. The van der Waals surface area contributed by atoms with Gasteiger partial charge in [-0.25, -0.2) is 0 Å². The molecule has 0 saturated carbocycles. The number of hydrogen-bond donors (Lipinski definition) is 1. The van der Waals surface area contributed by atoms with E-state index < -0.39 is 0 Å². The topological polar surface area (TPSA) is 21.3 Å². The molecule has 0 aliphatic heterocycles. The van der Waals surface area contributed by atoms with Crippen LogP contribution in [0.25, 0.3) is 0 Å². The van der Waals surface area contributed by atoms with Gasteiger partial charge in [0.05, 0.1) is 6.54 Å². The molecule has 1 aromatic carbocycles. The summed E-state index contributed by atoms with van der Waals surface area (Å²) < 4.78 is 5.56. The molecule has 0 aliphatic rings. The van der Waals surface area contributed by atoms with Crippen LogP contribution >= 0.6 is 0 Å². The number of ether oxygens (including phenoxy) is 1. The van der Waals surface area contributed by atoms with Crippen molar-refractivity contribution in [1.29, 1.82) is 0 Å². The second-order valence-electron chi connectivity index (χ2n) is 3.27. The van der Waals surface area contributed by atoms with Crippen molar-refractivity contribution in [2.75, 3.05) is 19.7 Å². The Morgan fingerprint density at radius 2 is 2.27 bits per heavy atom. The Morgan fingerprint density at radius 1 is 1.40 bits per heavy atom. The Labute approximate surface area is 91.6 Å². The molecule has 15 heavy (non-hydrogen) atoms. The van der Waals surface area contributed by atoms with Gasteiger partial charge < -0.3 is 10.1 Å². The lowest BCUT2D eigenvalue weighted by Gasteiger charge is -2.06. The van der Waals surface area contributed by atoms with Crippen LogP contribution in [0.15, 0.2) is 24.3 Å². The third-order valence-corrected chi connectivity index (χ3v) is 1.93. The van der Waals surface area contributed by atoms with Gasteiger partial charge in [-0.05, 0) is 31.5 Å². The zero-order valence-electron chi connectivity index (χ0n) is 9.34. The van der Waals surface area contributed by atoms with Crippen LogP contribution in [0, 0.1) is 18.8 Å². The van der Waals surface area contributed by atoms with Crippen molar-refractivity contribution < 1.29 is 4.74 Å². The molecule has 1 rings (SSSR count). The molecular weight excluding hydrogens is 186 g/mol. The molecular formula is C13H17NO. The Bertz CT molecular complexity index is 349. The largest absolute Gasteiger partial charge is 0.492 e. The van der Waals surface area contributed by atoms with Crippen LogP contribution in [0.1, 0.15) is 12.5 Å². The fourth-order valence-electron chi connectivity index (χ4n) is 1.19. The predicted molar refractivity (Wildman–Crippen MR) is 63.0 cm³/mol. The highest BCUT2D eigenvalue weighted by atomic mass is 16.5. The van der Waals surface area contributed by atoms with Gasteiger partial charge in [0.2, 0.25) is 0 Å². The maximum absolute atomic E-state index is 5.56. The number of aryl methyl sites for hydroxylation is 1. The number of nitrogens with one attached hydrogen (secondary N) is 1. The smallest absolute Gasteiger partial charge is 0.119 e. The highest BCUT2D eigenvalue weighted by molar-refractivity contribution is 5.27. The van der Waals surface area contributed by atoms with Gasteiger partial charge in [0, 0.05) is 6.54 Å². The Balaban J connectivity index is 2.16. The molecule has 80 valence electrons. The highest BCUT2D eigenvalue weighted by Crippen LogP contribution is 2.11. The van der Waals surface area contributed by atoms with E-state index in [1.807, 2.05) is 25.1 Å². The first-order valence-corrected chi connectivity index (χ1v) is 5.12. The van der Waals surface area contributed by atoms with Gasteiger partial charge in [-0.1, -0.05) is 18.1 Å². The third kappa shape index (κ3) is 5.09. The van der Waals surface area contributed by atoms with E-state index in [0.29, 0.717) is 6.61 Å². The molecule has 0 radical (unpaired) electrons. The van der Waals surface area contributed by atoms with Crippen LogP contribution < -0.4 is 10.1 Å². The molecule has 1 N–H and O–H groups in total. The van der Waals surface area contributed by atoms with Gasteiger partial charge >= 0.3 is 0 Å². The predicted octanol–water partition coefficient (Wildman–Crippen LogP) is 1.99. The molecule has 0 aromatic heterocycles. The lowest BCUT2D eigenvalue weighted by molar-refractivity contribution is 0.316. The van der Waals surface area contributed by atoms with Gasteiger partial charge in [0.25, 0.3) is 0 Å². The molecule has 0 unspecified atom stereocenters. The quantitative estimate of drug-likeness (QED) is 0.583. The first-order valence-electron chi connectivity index (χ1n) is 5.12. The van der Waals surface area contributed by atoms with Crippen molar-refractivity contribution in [1.82, 2.24) is 5.32 Å². The van der Waals surface area contributed by atoms with Crippen molar-refractivity contribution in [2.24, 2.45) is 0 Å². The second kappa shape index (κ2) is 6.92. The summed E-state index contributed by atoms with van der Waals surface area (Å²) in [6, 6.07) is 8.06. The highest BCUT2D eigenvalue weighted by Gasteiger charge is 1.92. The fourth-order valence-corrected chi connectivity index (χ4v) is 1.19. The van der Waals surface area contributed by atoms with E-state index in [0.717, 1.165) is 18.8 Å². The number of hydrogen-bond acceptors (Lipinski definition) is 2. The van der Waals surface area contributed by atoms with Gasteiger partial charge in [-0.3, -0.25) is 0 Å². The molecule has 0 spiro atoms. The molecule has 1 aromatic rings. The average Bonchev–Trinajstić information content (AvgIpc) is 2.23. The van der Waals surface area contributed by atoms with E-state index in [1.165, 1.54) is 5.56 Å². The minimum absolute atomic E-state index is 0.675. The van der Waals surface area contributed by atoms with E-state index >= 15 is 0 Å². The van der Waals surface area contributed by atoms with E-state index in [2.05, 4.69) is 30.1 Å². The summed E-state index contributed by atoms with van der Waals surface area (Å²) >= 11 is 0. The maximum Gasteiger partial charge on any atom is 0.119 e. The van der Waals surface area contributed by atoms with Crippen LogP contribution in [-0.2, 0) is 0 Å². The summed E-state index contributed by atoms with van der Waals surface area (Å²) in [5.41, 5.74) is 1.22. The normalized spacial score (nSPS) is 9.20. The minimum Gasteiger partial charge on any atom is -0.492 e. The van der Waals surface area contributed by atoms with Crippen molar-refractivity contribution in [2.45, 2.75) is 13.8 Å². The van der Waals surface area contributed by atoms with E-state index in [4.69, 9.17) is 4.74 Å². The first kappa shape index (κ1) is 11.6. The average molecular weight is 203 g/mol. The first-order chi connectivity index (χ1) is 7.33. The van der Waals surface area contributed by atoms with E-state index in [-0.39, 0.29) is 0 Å². The van der Waals surface area contributed by atoms with Crippen molar-refractivity contribution >= 4 is 0 Å². The van der Waals surface area contributed by atoms with E-state index in [1.54, 1.807) is 0 Å². The summed E-state index contributed by atoms with van der Waals surface area (Å²) in [5.74, 6) is 6.70. The summed E-state index contributed by atoms with van der Waals surface area (Å²) in [5, 5.41) is 3.17. The van der Waals surface area contributed by atoms with Gasteiger partial charge in [-0.15, -0.1) is 5.92 Å². The van der Waals surface area contributed by atoms with Crippen LogP contribution in [-0.4, -0.2) is 19.7 Å². The summed E-state index contributed by atoms with van der Waals surface area (Å²) in [6.45, 7) is 6.12. The summed E-state index contributed by atoms with van der Waals surface area (Å²) in [6.07, 6.45) is 0. The van der Waals surface area contributed by atoms with E-state index in [9.17, 15) is 0 Å².